The van der Waals surface area contributed by atoms with Gasteiger partial charge in [-0.3, -0.25) is 4.79 Å². The molecule has 7 heteroatoms. The van der Waals surface area contributed by atoms with E-state index in [2.05, 4.69) is 5.32 Å². The van der Waals surface area contributed by atoms with Gasteiger partial charge in [-0.1, -0.05) is 41.4 Å². The second kappa shape index (κ2) is 8.31. The lowest BCUT2D eigenvalue weighted by atomic mass is 10.1. The predicted octanol–water partition coefficient (Wildman–Crippen LogP) is 5.40. The molecule has 0 saturated carbocycles. The quantitative estimate of drug-likeness (QED) is 0.447. The van der Waals surface area contributed by atoms with Gasteiger partial charge in [-0.25, -0.2) is 4.98 Å². The third kappa shape index (κ3) is 4.02. The molecule has 29 heavy (non-hydrogen) atoms. The van der Waals surface area contributed by atoms with Crippen molar-refractivity contribution >= 4 is 40.1 Å². The van der Waals surface area contributed by atoms with E-state index in [1.807, 2.05) is 47.9 Å². The molecule has 1 atom stereocenters. The van der Waals surface area contributed by atoms with Gasteiger partial charge in [0.25, 0.3) is 0 Å². The number of nitrogens with zero attached hydrogens (tertiary/aromatic N) is 2. The molecule has 0 fully saturated rings. The van der Waals surface area contributed by atoms with Gasteiger partial charge in [-0.05, 0) is 48.9 Å². The number of hydrogen-bond donors (Lipinski definition) is 1. The van der Waals surface area contributed by atoms with E-state index in [0.717, 1.165) is 22.4 Å². The fraction of sp³-hybridized carbons (Fsp3) is 0.182. The van der Waals surface area contributed by atoms with E-state index in [4.69, 9.17) is 32.6 Å². The van der Waals surface area contributed by atoms with Crippen LogP contribution in [0.25, 0.3) is 11.0 Å². The number of furan rings is 1. The molecular formula is C22H19Cl2N3O2. The van der Waals surface area contributed by atoms with Gasteiger partial charge >= 0.3 is 0 Å². The molecule has 4 rings (SSSR count). The van der Waals surface area contributed by atoms with Crippen molar-refractivity contribution < 1.29 is 9.21 Å². The highest BCUT2D eigenvalue weighted by atomic mass is 35.5. The van der Waals surface area contributed by atoms with Crippen LogP contribution in [0.4, 0.5) is 0 Å². The molecule has 148 valence electrons. The molecule has 0 saturated heterocycles. The van der Waals surface area contributed by atoms with E-state index < -0.39 is 6.04 Å². The van der Waals surface area contributed by atoms with Gasteiger partial charge in [0.05, 0.1) is 23.8 Å². The van der Waals surface area contributed by atoms with Crippen molar-refractivity contribution in [1.29, 1.82) is 0 Å². The van der Waals surface area contributed by atoms with Crippen LogP contribution >= 0.6 is 23.2 Å². The smallest absolute Gasteiger partial charge is 0.243 e. The molecule has 0 spiro atoms. The SMILES string of the molecule is C[C@@H](C(=O)NCc1ccco1)n1c(Cc2c(Cl)cccc2Cl)nc2ccccc21. The maximum Gasteiger partial charge on any atom is 0.243 e. The molecule has 0 aliphatic carbocycles. The van der Waals surface area contributed by atoms with Gasteiger partial charge in [0.2, 0.25) is 5.91 Å². The maximum atomic E-state index is 12.9. The van der Waals surface area contributed by atoms with Crippen molar-refractivity contribution in [3.8, 4) is 0 Å². The minimum absolute atomic E-state index is 0.129. The Balaban J connectivity index is 1.68. The van der Waals surface area contributed by atoms with Gasteiger partial charge in [0, 0.05) is 16.5 Å². The fourth-order valence-corrected chi connectivity index (χ4v) is 3.89. The summed E-state index contributed by atoms with van der Waals surface area (Å²) in [6.45, 7) is 2.18. The first kappa shape index (κ1) is 19.6. The number of halogens is 2. The lowest BCUT2D eigenvalue weighted by molar-refractivity contribution is -0.124. The number of benzene rings is 2. The van der Waals surface area contributed by atoms with Crippen LogP contribution in [0.3, 0.4) is 0 Å². The molecule has 0 aliphatic rings. The van der Waals surface area contributed by atoms with Crippen LogP contribution < -0.4 is 5.32 Å². The van der Waals surface area contributed by atoms with E-state index >= 15 is 0 Å². The number of aromatic nitrogens is 2. The number of nitrogens with one attached hydrogen (secondary N) is 1. The lowest BCUT2D eigenvalue weighted by Crippen LogP contribution is -2.31. The summed E-state index contributed by atoms with van der Waals surface area (Å²) in [5.74, 6) is 1.29. The summed E-state index contributed by atoms with van der Waals surface area (Å²) in [6, 6.07) is 16.3. The highest BCUT2D eigenvalue weighted by Gasteiger charge is 2.22. The summed E-state index contributed by atoms with van der Waals surface area (Å²) in [5.41, 5.74) is 2.48. The summed E-state index contributed by atoms with van der Waals surface area (Å²) in [4.78, 5) is 17.6. The van der Waals surface area contributed by atoms with Gasteiger partial charge in [0.1, 0.15) is 17.6 Å². The second-order valence-electron chi connectivity index (χ2n) is 6.74. The fourth-order valence-electron chi connectivity index (χ4n) is 3.36. The normalized spacial score (nSPS) is 12.2. The molecule has 1 N–H and O–H groups in total. The van der Waals surface area contributed by atoms with Crippen molar-refractivity contribution in [3.05, 3.63) is 88.1 Å². The number of carbonyl (C=O) groups is 1. The molecule has 0 radical (unpaired) electrons. The van der Waals surface area contributed by atoms with Crippen LogP contribution in [0, 0.1) is 0 Å². The molecule has 1 amide bonds. The number of imidazole rings is 1. The zero-order chi connectivity index (χ0) is 20.4. The van der Waals surface area contributed by atoms with Crippen molar-refractivity contribution in [3.63, 3.8) is 0 Å². The van der Waals surface area contributed by atoms with Crippen molar-refractivity contribution in [1.82, 2.24) is 14.9 Å². The molecule has 2 heterocycles. The largest absolute Gasteiger partial charge is 0.467 e. The minimum atomic E-state index is -0.478. The Labute approximate surface area is 178 Å². The highest BCUT2D eigenvalue weighted by molar-refractivity contribution is 6.36. The Morgan fingerprint density at radius 1 is 1.10 bits per heavy atom. The van der Waals surface area contributed by atoms with Crippen LogP contribution in [0.5, 0.6) is 0 Å². The van der Waals surface area contributed by atoms with Crippen LogP contribution in [-0.4, -0.2) is 15.5 Å². The summed E-state index contributed by atoms with van der Waals surface area (Å²) < 4.78 is 7.23. The first-order valence-electron chi connectivity index (χ1n) is 9.23. The zero-order valence-electron chi connectivity index (χ0n) is 15.7. The van der Waals surface area contributed by atoms with Crippen molar-refractivity contribution in [2.45, 2.75) is 25.9 Å². The van der Waals surface area contributed by atoms with Crippen LogP contribution in [0.2, 0.25) is 10.0 Å². The second-order valence-corrected chi connectivity index (χ2v) is 7.55. The average molecular weight is 428 g/mol. The van der Waals surface area contributed by atoms with E-state index in [9.17, 15) is 4.79 Å². The van der Waals surface area contributed by atoms with Gasteiger partial charge in [0.15, 0.2) is 0 Å². The Morgan fingerprint density at radius 3 is 2.59 bits per heavy atom. The molecule has 0 bridgehead atoms. The summed E-state index contributed by atoms with van der Waals surface area (Å²) in [5, 5.41) is 4.07. The first-order chi connectivity index (χ1) is 14.0. The van der Waals surface area contributed by atoms with Crippen molar-refractivity contribution in [2.24, 2.45) is 0 Å². The molecule has 5 nitrogen and oxygen atoms in total. The van der Waals surface area contributed by atoms with Crippen LogP contribution in [-0.2, 0) is 17.8 Å². The molecule has 2 aromatic heterocycles. The van der Waals surface area contributed by atoms with E-state index in [-0.39, 0.29) is 5.91 Å². The third-order valence-corrected chi connectivity index (χ3v) is 5.56. The Hall–Kier alpha value is -2.76. The van der Waals surface area contributed by atoms with Crippen molar-refractivity contribution in [2.75, 3.05) is 0 Å². The number of carbonyl (C=O) groups excluding carboxylic acids is 1. The van der Waals surface area contributed by atoms with Gasteiger partial charge in [-0.15, -0.1) is 0 Å². The van der Waals surface area contributed by atoms with E-state index in [1.54, 1.807) is 24.5 Å². The number of hydrogen-bond acceptors (Lipinski definition) is 3. The average Bonchev–Trinajstić information content (AvgIpc) is 3.35. The number of fused-ring (bicyclic) bond motifs is 1. The number of para-hydroxylation sites is 2. The number of rotatable bonds is 6. The van der Waals surface area contributed by atoms with Gasteiger partial charge in [-0.2, -0.15) is 0 Å². The van der Waals surface area contributed by atoms with Gasteiger partial charge < -0.3 is 14.3 Å². The van der Waals surface area contributed by atoms with Crippen LogP contribution in [0.1, 0.15) is 30.1 Å². The molecular weight excluding hydrogens is 409 g/mol. The lowest BCUT2D eigenvalue weighted by Gasteiger charge is -2.18. The first-order valence-corrected chi connectivity index (χ1v) is 9.99. The summed E-state index contributed by atoms with van der Waals surface area (Å²) in [6.07, 6.45) is 2.00. The Morgan fingerprint density at radius 2 is 1.86 bits per heavy atom. The Bertz CT molecular complexity index is 1130. The zero-order valence-corrected chi connectivity index (χ0v) is 17.2. The van der Waals surface area contributed by atoms with Crippen LogP contribution in [0.15, 0.2) is 65.3 Å². The maximum absolute atomic E-state index is 12.9. The molecule has 4 aromatic rings. The number of amides is 1. The molecule has 0 unspecified atom stereocenters. The standard InChI is InChI=1S/C22H19Cl2N3O2/c1-14(22(28)25-13-15-6-5-11-29-15)27-20-10-3-2-9-19(20)26-21(27)12-16-17(23)7-4-8-18(16)24/h2-11,14H,12-13H2,1H3,(H,25,28)/t14-/m0/s1. The topological polar surface area (TPSA) is 60.1 Å². The summed E-state index contributed by atoms with van der Waals surface area (Å²) >= 11 is 12.7. The predicted molar refractivity (Wildman–Crippen MR) is 114 cm³/mol. The minimum Gasteiger partial charge on any atom is -0.467 e. The molecule has 0 aliphatic heterocycles. The molecule has 2 aromatic carbocycles. The summed E-state index contributed by atoms with van der Waals surface area (Å²) in [7, 11) is 0. The van der Waals surface area contributed by atoms with E-state index in [1.165, 1.54) is 0 Å². The highest BCUT2D eigenvalue weighted by Crippen LogP contribution is 2.29. The third-order valence-electron chi connectivity index (χ3n) is 4.85. The Kier molecular flexibility index (Phi) is 5.60. The monoisotopic (exact) mass is 427 g/mol. The van der Waals surface area contributed by atoms with E-state index in [0.29, 0.717) is 28.8 Å².